The van der Waals surface area contributed by atoms with E-state index in [0.717, 1.165) is 18.4 Å². The quantitative estimate of drug-likeness (QED) is 0.635. The molecule has 0 spiro atoms. The van der Waals surface area contributed by atoms with Crippen LogP contribution < -0.4 is 0 Å². The van der Waals surface area contributed by atoms with Crippen molar-refractivity contribution < 1.29 is 4.74 Å². The van der Waals surface area contributed by atoms with Gasteiger partial charge in [0.15, 0.2) is 0 Å². The van der Waals surface area contributed by atoms with E-state index in [1.54, 1.807) is 0 Å². The molecule has 0 aromatic carbocycles. The Kier molecular flexibility index (Phi) is 3.78. The van der Waals surface area contributed by atoms with Gasteiger partial charge in [0.05, 0.1) is 0 Å². The van der Waals surface area contributed by atoms with Gasteiger partial charge in [0, 0.05) is 13.7 Å². The van der Waals surface area contributed by atoms with E-state index in [9.17, 15) is 0 Å². The van der Waals surface area contributed by atoms with Gasteiger partial charge in [-0.15, -0.1) is 0 Å². The molecule has 1 saturated carbocycles. The van der Waals surface area contributed by atoms with Crippen LogP contribution in [-0.4, -0.2) is 13.7 Å². The third-order valence-electron chi connectivity index (χ3n) is 3.70. The molecular weight excluding hydrogens is 160 g/mol. The molecule has 0 saturated heterocycles. The van der Waals surface area contributed by atoms with Crippen molar-refractivity contribution in [3.05, 3.63) is 0 Å². The summed E-state index contributed by atoms with van der Waals surface area (Å²) in [6.07, 6.45) is 5.47. The topological polar surface area (TPSA) is 9.23 Å². The maximum Gasteiger partial charge on any atom is 0.0493 e. The molecule has 1 nitrogen and oxygen atoms in total. The summed E-state index contributed by atoms with van der Waals surface area (Å²) < 4.78 is 5.25. The molecule has 0 radical (unpaired) electrons. The minimum absolute atomic E-state index is 0.538. The lowest BCUT2D eigenvalue weighted by Crippen LogP contribution is -2.40. The van der Waals surface area contributed by atoms with E-state index in [-0.39, 0.29) is 0 Å². The zero-order chi connectivity index (χ0) is 9.90. The largest absolute Gasteiger partial charge is 0.384 e. The Morgan fingerprint density at radius 2 is 2.00 bits per heavy atom. The highest BCUT2D eigenvalue weighted by atomic mass is 16.5. The summed E-state index contributed by atoms with van der Waals surface area (Å²) in [7, 11) is 1.82. The van der Waals surface area contributed by atoms with Crippen LogP contribution in [0.1, 0.15) is 46.5 Å². The fourth-order valence-electron chi connectivity index (χ4n) is 2.84. The van der Waals surface area contributed by atoms with Gasteiger partial charge in [-0.2, -0.15) is 0 Å². The molecule has 0 aromatic heterocycles. The Morgan fingerprint density at radius 1 is 1.31 bits per heavy atom. The van der Waals surface area contributed by atoms with E-state index in [2.05, 4.69) is 20.8 Å². The average Bonchev–Trinajstić information content (AvgIpc) is 1.96. The SMILES string of the molecule is CCCC(C)(C)C1CCC1COC. The Labute approximate surface area is 82.9 Å². The minimum atomic E-state index is 0.538. The molecule has 0 bridgehead atoms. The molecular formula is C12H24O. The number of hydrogen-bond acceptors (Lipinski definition) is 1. The molecule has 1 aliphatic rings. The fraction of sp³-hybridized carbons (Fsp3) is 1.00. The summed E-state index contributed by atoms with van der Waals surface area (Å²) in [5, 5.41) is 0. The lowest BCUT2D eigenvalue weighted by atomic mass is 9.59. The molecule has 13 heavy (non-hydrogen) atoms. The molecule has 0 N–H and O–H groups in total. The van der Waals surface area contributed by atoms with Crippen LogP contribution >= 0.6 is 0 Å². The van der Waals surface area contributed by atoms with E-state index < -0.39 is 0 Å². The van der Waals surface area contributed by atoms with Crippen molar-refractivity contribution in [3.8, 4) is 0 Å². The highest BCUT2D eigenvalue weighted by Crippen LogP contribution is 2.48. The van der Waals surface area contributed by atoms with Crippen LogP contribution in [0.15, 0.2) is 0 Å². The minimum Gasteiger partial charge on any atom is -0.384 e. The number of methoxy groups -OCH3 is 1. The van der Waals surface area contributed by atoms with E-state index in [4.69, 9.17) is 4.74 Å². The first-order chi connectivity index (χ1) is 6.11. The van der Waals surface area contributed by atoms with Crippen LogP contribution in [0.4, 0.5) is 0 Å². The highest BCUT2D eigenvalue weighted by Gasteiger charge is 2.40. The van der Waals surface area contributed by atoms with E-state index >= 15 is 0 Å². The summed E-state index contributed by atoms with van der Waals surface area (Å²) in [6, 6.07) is 0. The first kappa shape index (κ1) is 11.0. The van der Waals surface area contributed by atoms with Crippen molar-refractivity contribution in [3.63, 3.8) is 0 Å². The molecule has 2 atom stereocenters. The first-order valence-electron chi connectivity index (χ1n) is 5.60. The molecule has 78 valence electrons. The maximum absolute atomic E-state index is 5.25. The van der Waals surface area contributed by atoms with Gasteiger partial charge in [0.25, 0.3) is 0 Å². The van der Waals surface area contributed by atoms with Crippen LogP contribution in [0.25, 0.3) is 0 Å². The van der Waals surface area contributed by atoms with Gasteiger partial charge in [-0.1, -0.05) is 27.2 Å². The van der Waals surface area contributed by atoms with Gasteiger partial charge in [-0.05, 0) is 36.5 Å². The molecule has 0 aliphatic heterocycles. The lowest BCUT2D eigenvalue weighted by Gasteiger charge is -2.47. The van der Waals surface area contributed by atoms with E-state index in [0.29, 0.717) is 5.41 Å². The molecule has 0 heterocycles. The van der Waals surface area contributed by atoms with E-state index in [1.165, 1.54) is 25.7 Å². The predicted molar refractivity (Wildman–Crippen MR) is 56.8 cm³/mol. The monoisotopic (exact) mass is 184 g/mol. The van der Waals surface area contributed by atoms with Gasteiger partial charge in [0.1, 0.15) is 0 Å². The normalized spacial score (nSPS) is 28.6. The zero-order valence-corrected chi connectivity index (χ0v) is 9.60. The molecule has 1 rings (SSSR count). The summed E-state index contributed by atoms with van der Waals surface area (Å²) in [4.78, 5) is 0. The van der Waals surface area contributed by atoms with Gasteiger partial charge in [-0.25, -0.2) is 0 Å². The first-order valence-corrected chi connectivity index (χ1v) is 5.60. The maximum atomic E-state index is 5.25. The van der Waals surface area contributed by atoms with Crippen molar-refractivity contribution in [2.75, 3.05) is 13.7 Å². The third-order valence-corrected chi connectivity index (χ3v) is 3.70. The van der Waals surface area contributed by atoms with Crippen LogP contribution in [-0.2, 0) is 4.74 Å². The molecule has 1 heteroatoms. The summed E-state index contributed by atoms with van der Waals surface area (Å²) in [5.74, 6) is 1.75. The van der Waals surface area contributed by atoms with Crippen molar-refractivity contribution in [2.24, 2.45) is 17.3 Å². The van der Waals surface area contributed by atoms with Crippen molar-refractivity contribution in [2.45, 2.75) is 46.5 Å². The Morgan fingerprint density at radius 3 is 2.38 bits per heavy atom. The van der Waals surface area contributed by atoms with Crippen LogP contribution in [0.2, 0.25) is 0 Å². The van der Waals surface area contributed by atoms with Crippen LogP contribution in [0.5, 0.6) is 0 Å². The molecule has 0 aromatic rings. The Hall–Kier alpha value is -0.0400. The highest BCUT2D eigenvalue weighted by molar-refractivity contribution is 4.90. The Bertz CT molecular complexity index is 151. The Balaban J connectivity index is 2.42. The lowest BCUT2D eigenvalue weighted by molar-refractivity contribution is -0.0122. The van der Waals surface area contributed by atoms with Crippen molar-refractivity contribution >= 4 is 0 Å². The molecule has 2 unspecified atom stereocenters. The number of ether oxygens (including phenoxy) is 1. The van der Waals surface area contributed by atoms with Crippen LogP contribution in [0, 0.1) is 17.3 Å². The second kappa shape index (κ2) is 4.45. The number of rotatable bonds is 5. The van der Waals surface area contributed by atoms with Gasteiger partial charge < -0.3 is 4.74 Å². The average molecular weight is 184 g/mol. The predicted octanol–water partition coefficient (Wildman–Crippen LogP) is 3.49. The number of hydrogen-bond donors (Lipinski definition) is 0. The van der Waals surface area contributed by atoms with Crippen molar-refractivity contribution in [1.82, 2.24) is 0 Å². The summed E-state index contributed by atoms with van der Waals surface area (Å²) in [6.45, 7) is 8.09. The van der Waals surface area contributed by atoms with E-state index in [1.807, 2.05) is 7.11 Å². The van der Waals surface area contributed by atoms with Gasteiger partial charge in [0.2, 0.25) is 0 Å². The fourth-order valence-corrected chi connectivity index (χ4v) is 2.84. The summed E-state index contributed by atoms with van der Waals surface area (Å²) >= 11 is 0. The molecule has 1 aliphatic carbocycles. The zero-order valence-electron chi connectivity index (χ0n) is 9.60. The second-order valence-corrected chi connectivity index (χ2v) is 5.14. The van der Waals surface area contributed by atoms with Crippen molar-refractivity contribution in [1.29, 1.82) is 0 Å². The molecule has 0 amide bonds. The van der Waals surface area contributed by atoms with Gasteiger partial charge >= 0.3 is 0 Å². The van der Waals surface area contributed by atoms with Crippen LogP contribution in [0.3, 0.4) is 0 Å². The van der Waals surface area contributed by atoms with Gasteiger partial charge in [-0.3, -0.25) is 0 Å². The smallest absolute Gasteiger partial charge is 0.0493 e. The molecule has 1 fully saturated rings. The third kappa shape index (κ3) is 2.46. The second-order valence-electron chi connectivity index (χ2n) is 5.14. The summed E-state index contributed by atoms with van der Waals surface area (Å²) in [5.41, 5.74) is 0.538. The standard InChI is InChI=1S/C12H24O/c1-5-8-12(2,3)11-7-6-10(11)9-13-4/h10-11H,5-9H2,1-4H3.